The second-order valence-corrected chi connectivity index (χ2v) is 13.3. The standard InChI is InChI=1S/C48H30N2O/c1-2-11-34(12-3-1)50-42-17-7-4-13-37(42)39-27-23-33(30-45(39)50)32-24-28-44-41(29-32)38-14-5-8-18-43(38)49(44)35-25-21-31(22-26-35)36-16-10-20-47-48(36)40-15-6-9-19-46(40)51-47/h1-30H. The SMILES string of the molecule is c1ccc(-n2c3ccccc3c3ccc(-c4ccc5c(c4)c4ccccc4n5-c4ccc(-c5cccc6oc7ccccc7c56)cc4)cc32)cc1. The summed E-state index contributed by atoms with van der Waals surface area (Å²) < 4.78 is 11.0. The average Bonchev–Trinajstić information content (AvgIpc) is 3.85. The number of aromatic nitrogens is 2. The van der Waals surface area contributed by atoms with Crippen LogP contribution in [0.15, 0.2) is 186 Å². The molecule has 0 amide bonds. The Morgan fingerprint density at radius 1 is 0.314 bits per heavy atom. The zero-order valence-electron chi connectivity index (χ0n) is 27.6. The smallest absolute Gasteiger partial charge is 0.136 e. The maximum Gasteiger partial charge on any atom is 0.136 e. The second-order valence-electron chi connectivity index (χ2n) is 13.3. The van der Waals surface area contributed by atoms with E-state index in [4.69, 9.17) is 4.42 Å². The molecule has 3 aromatic heterocycles. The van der Waals surface area contributed by atoms with Crippen molar-refractivity contribution in [3.05, 3.63) is 182 Å². The van der Waals surface area contributed by atoms with Crippen LogP contribution in [0.25, 0.3) is 99.2 Å². The van der Waals surface area contributed by atoms with E-state index in [9.17, 15) is 0 Å². The van der Waals surface area contributed by atoms with Crippen LogP contribution in [0.1, 0.15) is 0 Å². The maximum absolute atomic E-state index is 6.19. The van der Waals surface area contributed by atoms with E-state index >= 15 is 0 Å². The summed E-state index contributed by atoms with van der Waals surface area (Å²) in [6.07, 6.45) is 0. The first kappa shape index (κ1) is 28.0. The number of rotatable bonds is 4. The summed E-state index contributed by atoms with van der Waals surface area (Å²) in [6, 6.07) is 65.5. The van der Waals surface area contributed by atoms with E-state index in [2.05, 4.69) is 179 Å². The van der Waals surface area contributed by atoms with Gasteiger partial charge in [0.2, 0.25) is 0 Å². The van der Waals surface area contributed by atoms with Crippen LogP contribution in [-0.4, -0.2) is 9.13 Å². The van der Waals surface area contributed by atoms with Gasteiger partial charge in [-0.2, -0.15) is 0 Å². The summed E-state index contributed by atoms with van der Waals surface area (Å²) in [5.74, 6) is 0. The third kappa shape index (κ3) is 4.19. The topological polar surface area (TPSA) is 23.0 Å². The summed E-state index contributed by atoms with van der Waals surface area (Å²) in [4.78, 5) is 0. The van der Waals surface area contributed by atoms with Gasteiger partial charge < -0.3 is 13.6 Å². The molecule has 0 bridgehead atoms. The molecule has 51 heavy (non-hydrogen) atoms. The van der Waals surface area contributed by atoms with E-state index in [1.165, 1.54) is 71.6 Å². The van der Waals surface area contributed by atoms with Gasteiger partial charge in [-0.1, -0.05) is 115 Å². The van der Waals surface area contributed by atoms with E-state index in [0.29, 0.717) is 0 Å². The van der Waals surface area contributed by atoms with Gasteiger partial charge >= 0.3 is 0 Å². The van der Waals surface area contributed by atoms with Crippen molar-refractivity contribution >= 4 is 65.6 Å². The van der Waals surface area contributed by atoms with Crippen molar-refractivity contribution in [3.8, 4) is 33.6 Å². The molecular weight excluding hydrogens is 621 g/mol. The number of hydrogen-bond acceptors (Lipinski definition) is 1. The normalized spacial score (nSPS) is 11.9. The summed E-state index contributed by atoms with van der Waals surface area (Å²) in [6.45, 7) is 0. The van der Waals surface area contributed by atoms with Gasteiger partial charge in [0.15, 0.2) is 0 Å². The molecular formula is C48H30N2O. The van der Waals surface area contributed by atoms with E-state index in [1.807, 2.05) is 12.1 Å². The van der Waals surface area contributed by atoms with Crippen molar-refractivity contribution < 1.29 is 4.42 Å². The Balaban J connectivity index is 1.05. The molecule has 0 saturated carbocycles. The Kier molecular flexibility index (Phi) is 5.96. The van der Waals surface area contributed by atoms with Crippen molar-refractivity contribution in [1.82, 2.24) is 9.13 Å². The lowest BCUT2D eigenvalue weighted by molar-refractivity contribution is 0.669. The summed E-state index contributed by atoms with van der Waals surface area (Å²) >= 11 is 0. The quantitative estimate of drug-likeness (QED) is 0.186. The predicted octanol–water partition coefficient (Wildman–Crippen LogP) is 13.1. The highest BCUT2D eigenvalue weighted by Gasteiger charge is 2.17. The minimum Gasteiger partial charge on any atom is -0.456 e. The van der Waals surface area contributed by atoms with Gasteiger partial charge in [-0.3, -0.25) is 0 Å². The van der Waals surface area contributed by atoms with Gasteiger partial charge in [0.1, 0.15) is 11.2 Å². The Labute approximate surface area is 293 Å². The minimum absolute atomic E-state index is 0.914. The van der Waals surface area contributed by atoms with E-state index in [-0.39, 0.29) is 0 Å². The van der Waals surface area contributed by atoms with Crippen molar-refractivity contribution in [3.63, 3.8) is 0 Å². The fourth-order valence-corrected chi connectivity index (χ4v) is 8.24. The van der Waals surface area contributed by atoms with Crippen LogP contribution in [0.3, 0.4) is 0 Å². The molecule has 0 N–H and O–H groups in total. The van der Waals surface area contributed by atoms with E-state index in [1.54, 1.807) is 0 Å². The Hall–Kier alpha value is -6.84. The largest absolute Gasteiger partial charge is 0.456 e. The maximum atomic E-state index is 6.19. The highest BCUT2D eigenvalue weighted by Crippen LogP contribution is 2.40. The lowest BCUT2D eigenvalue weighted by Crippen LogP contribution is -1.94. The molecule has 3 heterocycles. The lowest BCUT2D eigenvalue weighted by Gasteiger charge is -2.11. The molecule has 0 atom stereocenters. The molecule has 0 saturated heterocycles. The zero-order valence-corrected chi connectivity index (χ0v) is 27.6. The van der Waals surface area contributed by atoms with Gasteiger partial charge in [-0.05, 0) is 89.0 Å². The molecule has 0 aliphatic carbocycles. The number of hydrogen-bond donors (Lipinski definition) is 0. The number of benzene rings is 8. The molecule has 0 aliphatic rings. The third-order valence-corrected chi connectivity index (χ3v) is 10.5. The van der Waals surface area contributed by atoms with Crippen molar-refractivity contribution in [2.75, 3.05) is 0 Å². The van der Waals surface area contributed by atoms with Crippen LogP contribution in [0.4, 0.5) is 0 Å². The van der Waals surface area contributed by atoms with Crippen molar-refractivity contribution in [1.29, 1.82) is 0 Å². The molecule has 3 nitrogen and oxygen atoms in total. The summed E-state index contributed by atoms with van der Waals surface area (Å²) in [5.41, 5.74) is 13.7. The van der Waals surface area contributed by atoms with Gasteiger partial charge in [-0.15, -0.1) is 0 Å². The Morgan fingerprint density at radius 3 is 1.67 bits per heavy atom. The average molecular weight is 651 g/mol. The molecule has 0 radical (unpaired) electrons. The number of furan rings is 1. The minimum atomic E-state index is 0.914. The monoisotopic (exact) mass is 650 g/mol. The van der Waals surface area contributed by atoms with Gasteiger partial charge in [-0.25, -0.2) is 0 Å². The first-order chi connectivity index (χ1) is 25.3. The van der Waals surface area contributed by atoms with Crippen LogP contribution >= 0.6 is 0 Å². The highest BCUT2D eigenvalue weighted by molar-refractivity contribution is 6.14. The lowest BCUT2D eigenvalue weighted by atomic mass is 9.99. The number of fused-ring (bicyclic) bond motifs is 9. The van der Waals surface area contributed by atoms with Crippen LogP contribution in [0, 0.1) is 0 Å². The molecule has 11 rings (SSSR count). The number of nitrogens with zero attached hydrogens (tertiary/aromatic N) is 2. The van der Waals surface area contributed by atoms with Crippen LogP contribution in [-0.2, 0) is 0 Å². The molecule has 11 aromatic rings. The zero-order chi connectivity index (χ0) is 33.5. The molecule has 0 aliphatic heterocycles. The first-order valence-electron chi connectivity index (χ1n) is 17.4. The molecule has 8 aromatic carbocycles. The molecule has 3 heteroatoms. The fourth-order valence-electron chi connectivity index (χ4n) is 8.24. The van der Waals surface area contributed by atoms with Gasteiger partial charge in [0, 0.05) is 43.7 Å². The first-order valence-corrected chi connectivity index (χ1v) is 17.4. The summed E-state index contributed by atoms with van der Waals surface area (Å²) in [7, 11) is 0. The van der Waals surface area contributed by atoms with Crippen LogP contribution < -0.4 is 0 Å². The molecule has 0 unspecified atom stereocenters. The highest BCUT2D eigenvalue weighted by atomic mass is 16.3. The van der Waals surface area contributed by atoms with E-state index < -0.39 is 0 Å². The van der Waals surface area contributed by atoms with E-state index in [0.717, 1.165) is 27.6 Å². The number of para-hydroxylation sites is 4. The Bertz CT molecular complexity index is 3120. The van der Waals surface area contributed by atoms with Crippen molar-refractivity contribution in [2.24, 2.45) is 0 Å². The molecule has 238 valence electrons. The van der Waals surface area contributed by atoms with Crippen LogP contribution in [0.5, 0.6) is 0 Å². The van der Waals surface area contributed by atoms with Gasteiger partial charge in [0.25, 0.3) is 0 Å². The Morgan fingerprint density at radius 2 is 0.863 bits per heavy atom. The second kappa shape index (κ2) is 10.8. The fraction of sp³-hybridized carbons (Fsp3) is 0. The molecule has 0 fully saturated rings. The van der Waals surface area contributed by atoms with Crippen molar-refractivity contribution in [2.45, 2.75) is 0 Å². The predicted molar refractivity (Wildman–Crippen MR) is 213 cm³/mol. The van der Waals surface area contributed by atoms with Crippen LogP contribution in [0.2, 0.25) is 0 Å². The summed E-state index contributed by atoms with van der Waals surface area (Å²) in [5, 5.41) is 7.32. The third-order valence-electron chi connectivity index (χ3n) is 10.5. The molecule has 0 spiro atoms. The van der Waals surface area contributed by atoms with Gasteiger partial charge in [0.05, 0.1) is 22.1 Å².